The molecule has 2 aliphatic heterocycles. The monoisotopic (exact) mass is 350 g/mol. The summed E-state index contributed by atoms with van der Waals surface area (Å²) in [6.07, 6.45) is 2.06. The van der Waals surface area contributed by atoms with Crippen LogP contribution in [0.2, 0.25) is 0 Å². The van der Waals surface area contributed by atoms with Crippen LogP contribution < -0.4 is 5.32 Å². The largest absolute Gasteiger partial charge is 0.395 e. The molecule has 0 aromatic heterocycles. The summed E-state index contributed by atoms with van der Waals surface area (Å²) in [7, 11) is 0. The van der Waals surface area contributed by atoms with Gasteiger partial charge in [-0.2, -0.15) is 0 Å². The Labute approximate surface area is 146 Å². The lowest BCUT2D eigenvalue weighted by atomic mass is 9.74. The van der Waals surface area contributed by atoms with Crippen molar-refractivity contribution in [3.8, 4) is 0 Å². The van der Waals surface area contributed by atoms with Crippen LogP contribution in [0.25, 0.3) is 0 Å². The Morgan fingerprint density at radius 3 is 2.92 bits per heavy atom. The number of carbonyl (C=O) groups is 1. The van der Waals surface area contributed by atoms with E-state index in [9.17, 15) is 9.18 Å². The van der Waals surface area contributed by atoms with E-state index >= 15 is 0 Å². The molecule has 1 saturated heterocycles. The summed E-state index contributed by atoms with van der Waals surface area (Å²) in [5.41, 5.74) is 0.820. The Morgan fingerprint density at radius 1 is 1.40 bits per heavy atom. The van der Waals surface area contributed by atoms with Crippen LogP contribution in [0.15, 0.2) is 29.4 Å². The first-order chi connectivity index (χ1) is 12.1. The number of hydrogen-bond donors (Lipinski definition) is 2. The van der Waals surface area contributed by atoms with Crippen molar-refractivity contribution in [1.29, 1.82) is 0 Å². The highest BCUT2D eigenvalue weighted by Crippen LogP contribution is 2.38. The highest BCUT2D eigenvalue weighted by molar-refractivity contribution is 6.01. The zero-order valence-electron chi connectivity index (χ0n) is 14.0. The molecule has 2 aliphatic rings. The second-order valence-corrected chi connectivity index (χ2v) is 6.56. The van der Waals surface area contributed by atoms with Crippen molar-refractivity contribution in [2.45, 2.75) is 31.8 Å². The van der Waals surface area contributed by atoms with Gasteiger partial charge in [-0.1, -0.05) is 17.3 Å². The molecule has 0 spiro atoms. The van der Waals surface area contributed by atoms with Gasteiger partial charge in [0.25, 0.3) is 0 Å². The Kier molecular flexibility index (Phi) is 5.65. The van der Waals surface area contributed by atoms with Gasteiger partial charge < -0.3 is 20.0 Å². The van der Waals surface area contributed by atoms with Gasteiger partial charge in [-0.15, -0.1) is 0 Å². The molecule has 25 heavy (non-hydrogen) atoms. The molecular weight excluding hydrogens is 327 g/mol. The van der Waals surface area contributed by atoms with E-state index in [0.717, 1.165) is 0 Å². The third kappa shape index (κ3) is 4.16. The molecule has 1 amide bonds. The third-order valence-electron chi connectivity index (χ3n) is 4.84. The molecule has 1 aromatic rings. The summed E-state index contributed by atoms with van der Waals surface area (Å²) in [5.74, 6) is -0.388. The molecule has 6 nitrogen and oxygen atoms in total. The van der Waals surface area contributed by atoms with E-state index in [1.807, 2.05) is 0 Å². The molecule has 1 unspecified atom stereocenters. The number of aliphatic hydroxyl groups excluding tert-OH is 1. The van der Waals surface area contributed by atoms with Crippen molar-refractivity contribution in [1.82, 2.24) is 5.32 Å². The minimum Gasteiger partial charge on any atom is -0.395 e. The second-order valence-electron chi connectivity index (χ2n) is 6.56. The van der Waals surface area contributed by atoms with Crippen molar-refractivity contribution < 1.29 is 23.9 Å². The first kappa shape index (κ1) is 17.8. The summed E-state index contributed by atoms with van der Waals surface area (Å²) < 4.78 is 18.8. The fourth-order valence-corrected chi connectivity index (χ4v) is 3.46. The number of aliphatic hydroxyl groups is 1. The molecule has 1 aromatic carbocycles. The smallest absolute Gasteiger partial charge is 0.226 e. The van der Waals surface area contributed by atoms with E-state index < -0.39 is 5.41 Å². The Morgan fingerprint density at radius 2 is 2.20 bits per heavy atom. The summed E-state index contributed by atoms with van der Waals surface area (Å²) in [5, 5.41) is 15.8. The zero-order valence-corrected chi connectivity index (χ0v) is 14.0. The minimum absolute atomic E-state index is 0.0762. The van der Waals surface area contributed by atoms with Crippen LogP contribution in [-0.2, 0) is 14.4 Å². The van der Waals surface area contributed by atoms with Gasteiger partial charge in [-0.25, -0.2) is 4.39 Å². The van der Waals surface area contributed by atoms with Crippen LogP contribution in [-0.4, -0.2) is 49.2 Å². The van der Waals surface area contributed by atoms with Crippen LogP contribution in [0.4, 0.5) is 4.39 Å². The van der Waals surface area contributed by atoms with Crippen LogP contribution in [0.3, 0.4) is 0 Å². The van der Waals surface area contributed by atoms with Crippen LogP contribution >= 0.6 is 0 Å². The van der Waals surface area contributed by atoms with E-state index in [1.54, 1.807) is 12.1 Å². The normalized spacial score (nSPS) is 22.2. The molecule has 0 bridgehead atoms. The highest BCUT2D eigenvalue weighted by Gasteiger charge is 2.43. The molecule has 0 saturated carbocycles. The Balaban J connectivity index is 1.66. The number of hydrogen-bond acceptors (Lipinski definition) is 5. The Bertz CT molecular complexity index is 644. The van der Waals surface area contributed by atoms with Gasteiger partial charge in [0.15, 0.2) is 0 Å². The minimum atomic E-state index is -0.578. The molecule has 7 heteroatoms. The van der Waals surface area contributed by atoms with Crippen molar-refractivity contribution in [3.63, 3.8) is 0 Å². The topological polar surface area (TPSA) is 80.2 Å². The van der Waals surface area contributed by atoms with E-state index in [1.165, 1.54) is 12.1 Å². The van der Waals surface area contributed by atoms with Crippen molar-refractivity contribution in [2.24, 2.45) is 10.6 Å². The lowest BCUT2D eigenvalue weighted by Crippen LogP contribution is -2.47. The predicted molar refractivity (Wildman–Crippen MR) is 89.6 cm³/mol. The predicted octanol–water partition coefficient (Wildman–Crippen LogP) is 1.61. The highest BCUT2D eigenvalue weighted by atomic mass is 19.1. The maximum atomic E-state index is 13.4. The number of carbonyl (C=O) groups excluding carboxylic acids is 1. The van der Waals surface area contributed by atoms with Gasteiger partial charge in [-0.05, 0) is 25.0 Å². The lowest BCUT2D eigenvalue weighted by Gasteiger charge is -2.36. The number of rotatable bonds is 6. The van der Waals surface area contributed by atoms with Crippen LogP contribution in [0.5, 0.6) is 0 Å². The van der Waals surface area contributed by atoms with Crippen molar-refractivity contribution in [3.05, 3.63) is 35.6 Å². The standard InChI is InChI=1S/C18H23FN2O4/c19-14-3-1-2-13(10-14)16-11-15(25-21-16)12-18(4-8-24-9-5-18)17(23)20-6-7-22/h1-3,10,15,22H,4-9,11-12H2,(H,20,23). The number of nitrogens with one attached hydrogen (secondary N) is 1. The molecular formula is C18H23FN2O4. The zero-order chi connectivity index (χ0) is 17.7. The van der Waals surface area contributed by atoms with Gasteiger partial charge in [-0.3, -0.25) is 4.79 Å². The summed E-state index contributed by atoms with van der Waals surface area (Å²) in [4.78, 5) is 18.2. The van der Waals surface area contributed by atoms with Gasteiger partial charge in [0, 0.05) is 38.2 Å². The first-order valence-electron chi connectivity index (χ1n) is 8.58. The summed E-state index contributed by atoms with van der Waals surface area (Å²) in [6, 6.07) is 6.26. The van der Waals surface area contributed by atoms with Gasteiger partial charge >= 0.3 is 0 Å². The van der Waals surface area contributed by atoms with E-state index in [-0.39, 0.29) is 31.0 Å². The number of halogens is 1. The van der Waals surface area contributed by atoms with Gasteiger partial charge in [0.1, 0.15) is 11.9 Å². The number of oxime groups is 1. The number of benzene rings is 1. The number of nitrogens with zero attached hydrogens (tertiary/aromatic N) is 1. The Hall–Kier alpha value is -1.99. The molecule has 1 atom stereocenters. The van der Waals surface area contributed by atoms with Crippen molar-refractivity contribution >= 4 is 11.6 Å². The average Bonchev–Trinajstić information content (AvgIpc) is 3.08. The maximum absolute atomic E-state index is 13.4. The fourth-order valence-electron chi connectivity index (χ4n) is 3.46. The third-order valence-corrected chi connectivity index (χ3v) is 4.84. The SMILES string of the molecule is O=C(NCCO)C1(CC2CC(c3cccc(F)c3)=NO2)CCOCC1. The molecule has 1 fully saturated rings. The van der Waals surface area contributed by atoms with Gasteiger partial charge in [0.2, 0.25) is 5.91 Å². The van der Waals surface area contributed by atoms with E-state index in [0.29, 0.717) is 50.2 Å². The van der Waals surface area contributed by atoms with Crippen LogP contribution in [0, 0.1) is 11.2 Å². The maximum Gasteiger partial charge on any atom is 0.226 e. The quantitative estimate of drug-likeness (QED) is 0.817. The van der Waals surface area contributed by atoms with Gasteiger partial charge in [0.05, 0.1) is 17.7 Å². The summed E-state index contributed by atoms with van der Waals surface area (Å²) in [6.45, 7) is 1.19. The van der Waals surface area contributed by atoms with E-state index in [2.05, 4.69) is 10.5 Å². The summed E-state index contributed by atoms with van der Waals surface area (Å²) >= 11 is 0. The molecule has 2 heterocycles. The molecule has 0 aliphatic carbocycles. The fraction of sp³-hybridized carbons (Fsp3) is 0.556. The van der Waals surface area contributed by atoms with Crippen LogP contribution in [0.1, 0.15) is 31.2 Å². The number of amides is 1. The average molecular weight is 350 g/mol. The molecule has 0 radical (unpaired) electrons. The molecule has 3 rings (SSSR count). The molecule has 2 N–H and O–H groups in total. The van der Waals surface area contributed by atoms with Crippen molar-refractivity contribution in [2.75, 3.05) is 26.4 Å². The second kappa shape index (κ2) is 7.93. The van der Waals surface area contributed by atoms with E-state index in [4.69, 9.17) is 14.7 Å². The first-order valence-corrected chi connectivity index (χ1v) is 8.58. The number of ether oxygens (including phenoxy) is 1. The lowest BCUT2D eigenvalue weighted by molar-refractivity contribution is -0.140. The molecule has 136 valence electrons.